The van der Waals surface area contributed by atoms with Gasteiger partial charge in [-0.15, -0.1) is 0 Å². The Bertz CT molecular complexity index is 1230. The van der Waals surface area contributed by atoms with Crippen molar-refractivity contribution >= 4 is 11.8 Å². The molecule has 0 radical (unpaired) electrons. The van der Waals surface area contributed by atoms with Gasteiger partial charge in [0.05, 0.1) is 5.69 Å². The van der Waals surface area contributed by atoms with E-state index in [2.05, 4.69) is 15.5 Å². The number of benzene rings is 3. The van der Waals surface area contributed by atoms with Crippen molar-refractivity contribution in [3.63, 3.8) is 0 Å². The Morgan fingerprint density at radius 1 is 0.857 bits per heavy atom. The summed E-state index contributed by atoms with van der Waals surface area (Å²) < 4.78 is 32.5. The van der Waals surface area contributed by atoms with Gasteiger partial charge in [-0.1, -0.05) is 80.6 Å². The second-order valence-corrected chi connectivity index (χ2v) is 11.0. The van der Waals surface area contributed by atoms with Crippen LogP contribution in [0.5, 0.6) is 5.75 Å². The van der Waals surface area contributed by atoms with Crippen LogP contribution in [-0.2, 0) is 11.3 Å². The van der Waals surface area contributed by atoms with E-state index in [4.69, 9.17) is 9.84 Å². The quantitative estimate of drug-likeness (QED) is 0.160. The molecule has 42 heavy (non-hydrogen) atoms. The van der Waals surface area contributed by atoms with E-state index in [9.17, 15) is 13.6 Å². The number of nitrogens with zero attached hydrogens (tertiary/aromatic N) is 1. The Morgan fingerprint density at radius 3 is 2.19 bits per heavy atom. The lowest BCUT2D eigenvalue weighted by atomic mass is 10.0. The molecule has 226 valence electrons. The average Bonchev–Trinajstić information content (AvgIpc) is 3.00. The van der Waals surface area contributed by atoms with Gasteiger partial charge in [-0.3, -0.25) is 5.32 Å². The molecule has 3 N–H and O–H groups in total. The Hall–Kier alpha value is -3.49. The van der Waals surface area contributed by atoms with Crippen molar-refractivity contribution in [2.75, 3.05) is 31.5 Å². The molecule has 0 bridgehead atoms. The third-order valence-electron chi connectivity index (χ3n) is 7.79. The fourth-order valence-corrected chi connectivity index (χ4v) is 5.43. The Kier molecular flexibility index (Phi) is 12.6. The Balaban J connectivity index is 0.998. The largest absolute Gasteiger partial charge is 0.503 e. The highest BCUT2D eigenvalue weighted by Gasteiger charge is 2.22. The zero-order chi connectivity index (χ0) is 29.6. The number of piperidine rings is 1. The molecule has 1 heterocycles. The number of likely N-dealkylation sites (tertiary alicyclic amines) is 1. The Morgan fingerprint density at radius 2 is 1.48 bits per heavy atom. The monoisotopic (exact) mass is 579 g/mol. The van der Waals surface area contributed by atoms with Crippen molar-refractivity contribution < 1.29 is 23.4 Å². The summed E-state index contributed by atoms with van der Waals surface area (Å²) in [5.74, 6) is -2.77. The molecule has 0 aromatic heterocycles. The first-order valence-corrected chi connectivity index (χ1v) is 15.2. The molecular formula is C34H43F2N3O3. The van der Waals surface area contributed by atoms with Crippen molar-refractivity contribution in [3.05, 3.63) is 83.9 Å². The molecule has 0 unspecified atom stereocenters. The number of aromatic hydroxyl groups is 1. The number of hydrogen-bond acceptors (Lipinski definition) is 5. The van der Waals surface area contributed by atoms with Crippen LogP contribution >= 0.6 is 0 Å². The standard InChI is InChI=1S/C34H43F2N3O3/c35-30-23-26(24-31(36)33(30)40)25-37-19-11-4-2-1-3-5-12-20-39-21-17-28(18-22-39)42-34(41)38-32-16-10-9-15-29(32)27-13-7-6-8-14-27/h6-10,13-16,23-24,28,37,40H,1-5,11-12,17-22,25H2,(H,38,41). The SMILES string of the molecule is O=C(Nc1ccccc1-c1ccccc1)OC1CCN(CCCCCCCCCNCc2cc(F)c(O)c(F)c2)CC1. The normalized spacial score (nSPS) is 14.1. The summed E-state index contributed by atoms with van der Waals surface area (Å²) >= 11 is 0. The van der Waals surface area contributed by atoms with Gasteiger partial charge in [0.15, 0.2) is 17.4 Å². The number of ether oxygens (including phenoxy) is 1. The third kappa shape index (κ3) is 10.1. The maximum atomic E-state index is 13.4. The summed E-state index contributed by atoms with van der Waals surface area (Å²) in [6, 6.07) is 20.1. The lowest BCUT2D eigenvalue weighted by molar-refractivity contribution is 0.0584. The molecule has 1 aliphatic heterocycles. The molecule has 0 aliphatic carbocycles. The third-order valence-corrected chi connectivity index (χ3v) is 7.79. The van der Waals surface area contributed by atoms with Crippen LogP contribution in [0.4, 0.5) is 19.3 Å². The zero-order valence-electron chi connectivity index (χ0n) is 24.3. The molecule has 3 aromatic rings. The minimum Gasteiger partial charge on any atom is -0.503 e. The van der Waals surface area contributed by atoms with Crippen molar-refractivity contribution in [1.82, 2.24) is 10.2 Å². The first-order chi connectivity index (χ1) is 20.5. The average molecular weight is 580 g/mol. The van der Waals surface area contributed by atoms with Crippen molar-refractivity contribution in [2.24, 2.45) is 0 Å². The minimum atomic E-state index is -0.924. The second-order valence-electron chi connectivity index (χ2n) is 11.0. The molecule has 1 saturated heterocycles. The van der Waals surface area contributed by atoms with Crippen LogP contribution in [0, 0.1) is 11.6 Å². The number of carbonyl (C=O) groups excluding carboxylic acids is 1. The maximum Gasteiger partial charge on any atom is 0.411 e. The molecule has 1 fully saturated rings. The molecular weight excluding hydrogens is 536 g/mol. The van der Waals surface area contributed by atoms with E-state index in [1.165, 1.54) is 32.1 Å². The van der Waals surface area contributed by atoms with E-state index in [0.717, 1.165) is 80.8 Å². The van der Waals surface area contributed by atoms with Crippen molar-refractivity contribution in [1.29, 1.82) is 0 Å². The number of para-hydroxylation sites is 1. The number of carbonyl (C=O) groups is 1. The van der Waals surface area contributed by atoms with Gasteiger partial charge in [-0.25, -0.2) is 13.6 Å². The van der Waals surface area contributed by atoms with Gasteiger partial charge in [-0.05, 0) is 68.1 Å². The van der Waals surface area contributed by atoms with E-state index >= 15 is 0 Å². The van der Waals surface area contributed by atoms with E-state index in [-0.39, 0.29) is 6.10 Å². The summed E-state index contributed by atoms with van der Waals surface area (Å²) in [7, 11) is 0. The molecule has 1 amide bonds. The lowest BCUT2D eigenvalue weighted by Gasteiger charge is -2.31. The molecule has 0 saturated carbocycles. The number of anilines is 1. The van der Waals surface area contributed by atoms with E-state index in [1.807, 2.05) is 54.6 Å². The van der Waals surface area contributed by atoms with Crippen LogP contribution in [0.3, 0.4) is 0 Å². The van der Waals surface area contributed by atoms with E-state index in [1.54, 1.807) is 0 Å². The Labute approximate surface area is 248 Å². The summed E-state index contributed by atoms with van der Waals surface area (Å²) in [5.41, 5.74) is 3.27. The van der Waals surface area contributed by atoms with Gasteiger partial charge in [-0.2, -0.15) is 0 Å². The number of rotatable bonds is 15. The van der Waals surface area contributed by atoms with Gasteiger partial charge >= 0.3 is 6.09 Å². The summed E-state index contributed by atoms with van der Waals surface area (Å²) in [4.78, 5) is 15.1. The number of phenols is 1. The van der Waals surface area contributed by atoms with Gasteiger partial charge in [0, 0.05) is 25.2 Å². The number of phenolic OH excluding ortho intramolecular Hbond substituents is 1. The van der Waals surface area contributed by atoms with E-state index < -0.39 is 23.5 Å². The summed E-state index contributed by atoms with van der Waals surface area (Å²) in [6.45, 7) is 4.18. The summed E-state index contributed by atoms with van der Waals surface area (Å²) in [5, 5.41) is 15.3. The molecule has 0 atom stereocenters. The fraction of sp³-hybridized carbons (Fsp3) is 0.441. The topological polar surface area (TPSA) is 73.8 Å². The van der Waals surface area contributed by atoms with Gasteiger partial charge in [0.2, 0.25) is 0 Å². The number of nitrogens with one attached hydrogen (secondary N) is 2. The predicted molar refractivity (Wildman–Crippen MR) is 163 cm³/mol. The smallest absolute Gasteiger partial charge is 0.411 e. The van der Waals surface area contributed by atoms with Crippen LogP contribution < -0.4 is 10.6 Å². The number of unbranched alkanes of at least 4 members (excludes halogenated alkanes) is 6. The zero-order valence-corrected chi connectivity index (χ0v) is 24.3. The van der Waals surface area contributed by atoms with Crippen LogP contribution in [0.1, 0.15) is 63.4 Å². The second kappa shape index (κ2) is 16.8. The number of halogens is 2. The maximum absolute atomic E-state index is 13.4. The highest BCUT2D eigenvalue weighted by atomic mass is 19.1. The number of hydrogen-bond donors (Lipinski definition) is 3. The van der Waals surface area contributed by atoms with Gasteiger partial charge in [0.1, 0.15) is 6.10 Å². The van der Waals surface area contributed by atoms with Crippen LogP contribution in [-0.4, -0.2) is 48.4 Å². The molecule has 8 heteroatoms. The minimum absolute atomic E-state index is 0.0527. The lowest BCUT2D eigenvalue weighted by Crippen LogP contribution is -2.38. The first kappa shape index (κ1) is 31.4. The van der Waals surface area contributed by atoms with E-state index in [0.29, 0.717) is 12.1 Å². The molecule has 3 aromatic carbocycles. The summed E-state index contributed by atoms with van der Waals surface area (Å²) in [6.07, 6.45) is 9.46. The fourth-order valence-electron chi connectivity index (χ4n) is 5.43. The van der Waals surface area contributed by atoms with Crippen LogP contribution in [0.2, 0.25) is 0 Å². The molecule has 4 rings (SSSR count). The van der Waals surface area contributed by atoms with Crippen LogP contribution in [0.15, 0.2) is 66.7 Å². The molecule has 0 spiro atoms. The first-order valence-electron chi connectivity index (χ1n) is 15.2. The van der Waals surface area contributed by atoms with Crippen molar-refractivity contribution in [3.8, 4) is 16.9 Å². The number of amides is 1. The molecule has 1 aliphatic rings. The highest BCUT2D eigenvalue weighted by molar-refractivity contribution is 5.91. The van der Waals surface area contributed by atoms with Gasteiger partial charge in [0.25, 0.3) is 0 Å². The molecule has 6 nitrogen and oxygen atoms in total. The predicted octanol–water partition coefficient (Wildman–Crippen LogP) is 7.87. The van der Waals surface area contributed by atoms with Gasteiger partial charge < -0.3 is 20.1 Å². The van der Waals surface area contributed by atoms with Crippen molar-refractivity contribution in [2.45, 2.75) is 70.4 Å². The van der Waals surface area contributed by atoms with Crippen LogP contribution in [0.25, 0.3) is 11.1 Å². The highest BCUT2D eigenvalue weighted by Crippen LogP contribution is 2.28.